The molecule has 0 unspecified atom stereocenters. The van der Waals surface area contributed by atoms with Gasteiger partial charge in [0.25, 0.3) is 0 Å². The molecule has 0 aliphatic heterocycles. The molecule has 0 fully saturated rings. The number of fused-ring (bicyclic) bond motifs is 25. The van der Waals surface area contributed by atoms with Crippen molar-refractivity contribution in [2.45, 2.75) is 0 Å². The van der Waals surface area contributed by atoms with Crippen LogP contribution in [0.5, 0.6) is 0 Å². The molecule has 4 aromatic heterocycles. The summed E-state index contributed by atoms with van der Waals surface area (Å²) in [6, 6.07) is 138. The van der Waals surface area contributed by atoms with Crippen LogP contribution in [0.15, 0.2) is 394 Å². The summed E-state index contributed by atoms with van der Waals surface area (Å²) in [6.45, 7) is 0. The number of furan rings is 4. The highest BCUT2D eigenvalue weighted by molar-refractivity contribution is 6.31. The quantitative estimate of drug-likeness (QED) is 0.149. The van der Waals surface area contributed by atoms with Crippen LogP contribution in [0.25, 0.3) is 273 Å². The average Bonchev–Trinajstić information content (AvgIpc) is 1.61. The lowest BCUT2D eigenvalue weighted by Crippen LogP contribution is -1.91. The molecule has 0 atom stereocenters. The molecule has 0 saturated heterocycles. The maximum atomic E-state index is 7.46. The largest absolute Gasteiger partial charge is 0.455 e. The minimum atomic E-state index is 0.723. The molecule has 0 radical (unpaired) electrons. The third-order valence-electron chi connectivity index (χ3n) is 25.3. The standard InChI is InChI=1S/C112H62O4/c1-4-24-77-63(19-1)22-17-36-81(77)104-87-32-11-7-28-83(87)101(84-29-8-12-33-88(84)104)74-46-42-67-55-73(45-41-68(67)56-74)93-61-97-106-79-26-6-3-21-65(79)51-54-99(106)114-111(97)112-107(93)92-53-50-72(60-100(92)115-112)71-40-39-66-49-52-91-96-62-95-80-27-15-16-38-98(80)113-109(95)103(110(96)116-108(91)94(66)59-71)76-48-44-69-57-75(47-43-70(69)58-76)102-85-30-9-13-34-89(85)105(90-35-14-10-31-86(90)102)82-37-18-23-64-20-2-5-25-78(64)82/h1-62H. The maximum Gasteiger partial charge on any atom is 0.179 e. The van der Waals surface area contributed by atoms with Crippen LogP contribution in [0.1, 0.15) is 0 Å². The van der Waals surface area contributed by atoms with E-state index in [0.717, 1.165) is 164 Å². The normalized spacial score (nSPS) is 12.3. The number of para-hydroxylation sites is 1. The first-order valence-corrected chi connectivity index (χ1v) is 39.9. The molecule has 0 saturated carbocycles. The van der Waals surface area contributed by atoms with Crippen LogP contribution in [0.2, 0.25) is 0 Å². The van der Waals surface area contributed by atoms with Crippen LogP contribution in [0.4, 0.5) is 0 Å². The van der Waals surface area contributed by atoms with Crippen molar-refractivity contribution in [1.82, 2.24) is 0 Å². The second-order valence-electron chi connectivity index (χ2n) is 31.5. The van der Waals surface area contributed by atoms with Gasteiger partial charge in [0.1, 0.15) is 33.5 Å². The van der Waals surface area contributed by atoms with Crippen LogP contribution in [0.3, 0.4) is 0 Å². The molecular weight excluding hydrogens is 1410 g/mol. The van der Waals surface area contributed by atoms with E-state index in [1.807, 2.05) is 6.07 Å². The van der Waals surface area contributed by atoms with Crippen molar-refractivity contribution in [2.75, 3.05) is 0 Å². The lowest BCUT2D eigenvalue weighted by atomic mass is 9.84. The molecular formula is C112H62O4. The molecule has 22 aromatic carbocycles. The Bertz CT molecular complexity index is 8740. The highest BCUT2D eigenvalue weighted by atomic mass is 16.4. The van der Waals surface area contributed by atoms with Crippen molar-refractivity contribution in [3.63, 3.8) is 0 Å². The molecule has 26 aromatic rings. The Balaban J connectivity index is 0.605. The molecule has 0 aliphatic carbocycles. The smallest absolute Gasteiger partial charge is 0.179 e. The van der Waals surface area contributed by atoms with Gasteiger partial charge < -0.3 is 17.7 Å². The first-order valence-electron chi connectivity index (χ1n) is 39.9. The van der Waals surface area contributed by atoms with Gasteiger partial charge >= 0.3 is 0 Å². The Hall–Kier alpha value is -15.4. The summed E-state index contributed by atoms with van der Waals surface area (Å²) in [5, 5.41) is 32.1. The van der Waals surface area contributed by atoms with E-state index >= 15 is 0 Å². The monoisotopic (exact) mass is 1470 g/mol. The molecule has 0 amide bonds. The first-order chi connectivity index (χ1) is 57.5. The molecule has 4 heteroatoms. The Labute approximate surface area is 662 Å². The summed E-state index contributed by atoms with van der Waals surface area (Å²) in [5.41, 5.74) is 22.3. The van der Waals surface area contributed by atoms with Crippen molar-refractivity contribution in [1.29, 1.82) is 0 Å². The van der Waals surface area contributed by atoms with E-state index in [1.165, 1.54) is 109 Å². The molecule has 534 valence electrons. The van der Waals surface area contributed by atoms with Gasteiger partial charge in [0.05, 0.1) is 5.56 Å². The van der Waals surface area contributed by atoms with Gasteiger partial charge in [-0.3, -0.25) is 0 Å². The van der Waals surface area contributed by atoms with Gasteiger partial charge in [0.2, 0.25) is 0 Å². The third kappa shape index (κ3) is 9.15. The molecule has 0 N–H and O–H groups in total. The Kier molecular flexibility index (Phi) is 13.1. The Morgan fingerprint density at radius 2 is 0.517 bits per heavy atom. The number of hydrogen-bond acceptors (Lipinski definition) is 4. The SMILES string of the molecule is c1ccc2c(-c3c4ccccc4c(-c4ccc5cc(-c6c7oc8ccccc8c7cc7c6oc6c8cc(-c9ccc%10c(c9)oc9c%11oc%12ccc%13ccccc%13c%12c%11cc(-c%11ccc%12cc(-c%13c%14ccccc%14c(-c%14cccc%15ccccc%14%15)c%14ccccc%13%14)ccc%12c%11)c%109)ccc8ccc76)ccc5c4)c4ccccc34)cccc2c1. The molecule has 4 nitrogen and oxygen atoms in total. The predicted molar refractivity (Wildman–Crippen MR) is 489 cm³/mol. The van der Waals surface area contributed by atoms with E-state index in [4.69, 9.17) is 17.7 Å². The lowest BCUT2D eigenvalue weighted by Gasteiger charge is -2.19. The van der Waals surface area contributed by atoms with Crippen LogP contribution in [-0.2, 0) is 0 Å². The summed E-state index contributed by atoms with van der Waals surface area (Å²) in [7, 11) is 0. The van der Waals surface area contributed by atoms with Crippen LogP contribution >= 0.6 is 0 Å². The second kappa shape index (κ2) is 24.1. The molecule has 116 heavy (non-hydrogen) atoms. The summed E-state index contributed by atoms with van der Waals surface area (Å²) < 4.78 is 28.8. The minimum absolute atomic E-state index is 0.723. The maximum absolute atomic E-state index is 7.46. The van der Waals surface area contributed by atoms with Gasteiger partial charge in [-0.25, -0.2) is 0 Å². The zero-order valence-corrected chi connectivity index (χ0v) is 62.4. The van der Waals surface area contributed by atoms with Crippen molar-refractivity contribution < 1.29 is 17.7 Å². The van der Waals surface area contributed by atoms with Crippen molar-refractivity contribution in [3.05, 3.63) is 376 Å². The van der Waals surface area contributed by atoms with E-state index in [2.05, 4.69) is 370 Å². The molecule has 0 spiro atoms. The van der Waals surface area contributed by atoms with Gasteiger partial charge in [0, 0.05) is 48.5 Å². The molecule has 26 rings (SSSR count). The fraction of sp³-hybridized carbons (Fsp3) is 0. The van der Waals surface area contributed by atoms with Crippen molar-refractivity contribution in [2.24, 2.45) is 0 Å². The van der Waals surface area contributed by atoms with Crippen LogP contribution < -0.4 is 0 Å². The Morgan fingerprint density at radius 1 is 0.129 bits per heavy atom. The summed E-state index contributed by atoms with van der Waals surface area (Å²) >= 11 is 0. The third-order valence-corrected chi connectivity index (χ3v) is 25.3. The summed E-state index contributed by atoms with van der Waals surface area (Å²) in [4.78, 5) is 0. The predicted octanol–water partition coefficient (Wildman–Crippen LogP) is 32.5. The lowest BCUT2D eigenvalue weighted by molar-refractivity contribution is 0.633. The van der Waals surface area contributed by atoms with Gasteiger partial charge in [-0.05, 0) is 247 Å². The summed E-state index contributed by atoms with van der Waals surface area (Å²) in [6.07, 6.45) is 0. The Morgan fingerprint density at radius 3 is 1.10 bits per heavy atom. The van der Waals surface area contributed by atoms with Crippen LogP contribution in [-0.4, -0.2) is 0 Å². The van der Waals surface area contributed by atoms with Gasteiger partial charge in [-0.1, -0.05) is 303 Å². The topological polar surface area (TPSA) is 52.6 Å². The minimum Gasteiger partial charge on any atom is -0.455 e. The molecule has 0 bridgehead atoms. The van der Waals surface area contributed by atoms with Gasteiger partial charge in [-0.15, -0.1) is 0 Å². The fourth-order valence-corrected chi connectivity index (χ4v) is 20.1. The molecule has 0 aliphatic rings. The van der Waals surface area contributed by atoms with Gasteiger partial charge in [0.15, 0.2) is 11.2 Å². The molecule has 4 heterocycles. The van der Waals surface area contributed by atoms with E-state index in [-0.39, 0.29) is 0 Å². The van der Waals surface area contributed by atoms with E-state index in [9.17, 15) is 0 Å². The average molecular weight is 1470 g/mol. The number of hydrogen-bond donors (Lipinski definition) is 0. The number of rotatable bonds is 7. The van der Waals surface area contributed by atoms with E-state index in [1.54, 1.807) is 0 Å². The first kappa shape index (κ1) is 63.3. The van der Waals surface area contributed by atoms with Crippen molar-refractivity contribution in [3.8, 4) is 77.9 Å². The fourth-order valence-electron chi connectivity index (χ4n) is 20.1. The second-order valence-corrected chi connectivity index (χ2v) is 31.5. The number of benzene rings is 22. The van der Waals surface area contributed by atoms with Gasteiger partial charge in [-0.2, -0.15) is 0 Å². The van der Waals surface area contributed by atoms with Crippen LogP contribution in [0, 0.1) is 0 Å². The van der Waals surface area contributed by atoms with E-state index in [0.29, 0.717) is 0 Å². The highest BCUT2D eigenvalue weighted by Gasteiger charge is 2.28. The summed E-state index contributed by atoms with van der Waals surface area (Å²) in [5.74, 6) is 0. The zero-order chi connectivity index (χ0) is 75.5. The highest BCUT2D eigenvalue weighted by Crippen LogP contribution is 2.53. The van der Waals surface area contributed by atoms with E-state index < -0.39 is 0 Å². The van der Waals surface area contributed by atoms with Crippen molar-refractivity contribution >= 4 is 195 Å². The zero-order valence-electron chi connectivity index (χ0n) is 62.4.